The first kappa shape index (κ1) is 83.0. The van der Waals surface area contributed by atoms with Crippen LogP contribution in [-0.4, -0.2) is 35.4 Å². The molecule has 0 bridgehead atoms. The average molecular weight is 1550 g/mol. The molecule has 3 aliphatic carbocycles. The van der Waals surface area contributed by atoms with Crippen LogP contribution in [-0.2, 0) is 27.1 Å². The standard InChI is InChI=1S/C104H118N6O6/c1-62-48-82(49-63(2)88(62)105-94(111)74-34-38-80(39-35-74)100(13,14)15)102(42-22-19-23-43-102)84-52-66(5)90(67(6)53-84)107-96(113)76-30-28-32-78(60-76)98(115)109-92-70(9)56-86(57-71(92)10)104(46-26-21-27-47-104)87-58-72(11)93(73(12)59-87)110-99(116)79-33-29-31-77(61-79)97(114)108-91-68(7)54-85(55-69(91)8)103(44-24-20-25-45-103)83-50-64(3)89(65(4)51-83)106-95(112)75-36-40-81(41-37-75)101(16,17)18/h28-41,48-61H,19-27,42-47H2,1-18H3,(H,105,111)(H,106,112)(H,107,113)(H,108,114)(H,109,115)(H,110,116). The Morgan fingerprint density at radius 2 is 0.388 bits per heavy atom. The van der Waals surface area contributed by atoms with Crippen molar-refractivity contribution >= 4 is 69.6 Å². The molecule has 0 unspecified atom stereocenters. The molecule has 0 aromatic heterocycles. The molecular formula is C104H118N6O6. The molecule has 13 rings (SSSR count). The fourth-order valence-electron chi connectivity index (χ4n) is 19.3. The number of nitrogens with one attached hydrogen (secondary N) is 6. The molecule has 0 heterocycles. The summed E-state index contributed by atoms with van der Waals surface area (Å²) >= 11 is 0. The van der Waals surface area contributed by atoms with E-state index in [9.17, 15) is 28.8 Å². The first-order valence-electron chi connectivity index (χ1n) is 42.1. The summed E-state index contributed by atoms with van der Waals surface area (Å²) in [6.07, 6.45) is 15.8. The summed E-state index contributed by atoms with van der Waals surface area (Å²) in [5, 5.41) is 19.5. The third-order valence-electron chi connectivity index (χ3n) is 25.9. The molecule has 12 nitrogen and oxygen atoms in total. The molecule has 3 saturated carbocycles. The summed E-state index contributed by atoms with van der Waals surface area (Å²) in [5.41, 5.74) is 27.9. The molecule has 116 heavy (non-hydrogen) atoms. The van der Waals surface area contributed by atoms with E-state index in [0.717, 1.165) is 184 Å². The molecule has 6 amide bonds. The normalized spacial score (nSPS) is 15.2. The maximum atomic E-state index is 14.4. The zero-order valence-electron chi connectivity index (χ0n) is 71.7. The van der Waals surface area contributed by atoms with E-state index in [1.807, 2.05) is 48.5 Å². The number of aryl methyl sites for hydroxylation is 12. The van der Waals surface area contributed by atoms with Crippen molar-refractivity contribution in [3.05, 3.63) is 315 Å². The second kappa shape index (κ2) is 33.3. The SMILES string of the molecule is Cc1cc(C2(c3cc(C)c(NC(=O)c4cccc(C(=O)Nc5c(C)cc(C6(c7cc(C)c(NC(=O)c8cccc(C(=O)Nc9c(C)cc(C%10(c%11cc(C)c(NC(=O)c%12ccc(C(C)(C)C)cc%12)c(C)c%11)CCCCC%10)cc9C)c8)c(C)c7)CCCCC6)cc5C)c4)c(C)c3)CCCCC2)cc(C)c1NC(=O)c1ccc(C(C)(C)C)cc1. The van der Waals surface area contributed by atoms with E-state index < -0.39 is 0 Å². The van der Waals surface area contributed by atoms with Crippen LogP contribution in [0, 0.1) is 83.1 Å². The predicted molar refractivity (Wildman–Crippen MR) is 478 cm³/mol. The molecule has 10 aromatic rings. The van der Waals surface area contributed by atoms with Crippen molar-refractivity contribution in [1.82, 2.24) is 0 Å². The highest BCUT2D eigenvalue weighted by Crippen LogP contribution is 2.52. The maximum absolute atomic E-state index is 14.4. The van der Waals surface area contributed by atoms with Gasteiger partial charge in [-0.2, -0.15) is 0 Å². The fourth-order valence-corrected chi connectivity index (χ4v) is 19.3. The molecule has 600 valence electrons. The molecule has 10 aromatic carbocycles. The van der Waals surface area contributed by atoms with Gasteiger partial charge in [-0.1, -0.05) is 209 Å². The maximum Gasteiger partial charge on any atom is 0.255 e. The number of hydrogen-bond donors (Lipinski definition) is 6. The second-order valence-corrected chi connectivity index (χ2v) is 36.4. The Hall–Kier alpha value is -11.0. The summed E-state index contributed by atoms with van der Waals surface area (Å²) in [7, 11) is 0. The van der Waals surface area contributed by atoms with Crippen molar-refractivity contribution in [2.75, 3.05) is 31.9 Å². The van der Waals surface area contributed by atoms with Crippen LogP contribution in [0.3, 0.4) is 0 Å². The summed E-state index contributed by atoms with van der Waals surface area (Å²) in [6, 6.07) is 56.6. The van der Waals surface area contributed by atoms with E-state index in [0.29, 0.717) is 33.4 Å². The highest BCUT2D eigenvalue weighted by molar-refractivity contribution is 6.11. The number of rotatable bonds is 18. The lowest BCUT2D eigenvalue weighted by atomic mass is 9.64. The van der Waals surface area contributed by atoms with Crippen LogP contribution in [0.25, 0.3) is 0 Å². The van der Waals surface area contributed by atoms with Gasteiger partial charge in [0, 0.05) is 83.7 Å². The zero-order valence-corrected chi connectivity index (χ0v) is 71.7. The Balaban J connectivity index is 0.664. The van der Waals surface area contributed by atoms with Crippen molar-refractivity contribution in [2.24, 2.45) is 0 Å². The van der Waals surface area contributed by atoms with Crippen LogP contribution in [0.1, 0.15) is 311 Å². The van der Waals surface area contributed by atoms with Gasteiger partial charge in [0.1, 0.15) is 0 Å². The van der Waals surface area contributed by atoms with Gasteiger partial charge in [-0.3, -0.25) is 28.8 Å². The molecule has 3 aliphatic rings. The van der Waals surface area contributed by atoms with E-state index in [-0.39, 0.29) is 62.5 Å². The van der Waals surface area contributed by atoms with Gasteiger partial charge < -0.3 is 31.9 Å². The van der Waals surface area contributed by atoms with Crippen LogP contribution in [0.2, 0.25) is 0 Å². The Kier molecular flexibility index (Phi) is 23.8. The Bertz CT molecular complexity index is 5040. The quantitative estimate of drug-likeness (QED) is 0.0499. The lowest BCUT2D eigenvalue weighted by Gasteiger charge is -2.40. The van der Waals surface area contributed by atoms with Gasteiger partial charge >= 0.3 is 0 Å². The van der Waals surface area contributed by atoms with Crippen LogP contribution >= 0.6 is 0 Å². The number of carbonyl (C=O) groups is 6. The van der Waals surface area contributed by atoms with E-state index in [2.05, 4.69) is 229 Å². The van der Waals surface area contributed by atoms with E-state index in [1.165, 1.54) is 57.3 Å². The molecule has 12 heteroatoms. The van der Waals surface area contributed by atoms with Crippen LogP contribution in [0.15, 0.2) is 170 Å². The second-order valence-electron chi connectivity index (χ2n) is 36.4. The minimum atomic E-state index is -0.319. The molecule has 3 fully saturated rings. The van der Waals surface area contributed by atoms with Crippen molar-refractivity contribution in [1.29, 1.82) is 0 Å². The molecule has 0 atom stereocenters. The minimum absolute atomic E-state index is 0.00883. The summed E-state index contributed by atoms with van der Waals surface area (Å²) in [6.45, 7) is 37.8. The van der Waals surface area contributed by atoms with Crippen molar-refractivity contribution in [2.45, 2.75) is 248 Å². The highest BCUT2D eigenvalue weighted by atomic mass is 16.2. The average Bonchev–Trinajstić information content (AvgIpc) is 0.757. The lowest BCUT2D eigenvalue weighted by Crippen LogP contribution is -2.31. The van der Waals surface area contributed by atoms with E-state index >= 15 is 0 Å². The summed E-state index contributed by atoms with van der Waals surface area (Å²) in [4.78, 5) is 84.9. The third-order valence-corrected chi connectivity index (χ3v) is 25.9. The summed E-state index contributed by atoms with van der Waals surface area (Å²) < 4.78 is 0. The number of amides is 6. The molecule has 0 saturated heterocycles. The van der Waals surface area contributed by atoms with Gasteiger partial charge in [0.25, 0.3) is 35.4 Å². The zero-order chi connectivity index (χ0) is 83.1. The fraction of sp³-hybridized carbons (Fsp3) is 0.365. The third kappa shape index (κ3) is 17.0. The predicted octanol–water partition coefficient (Wildman–Crippen LogP) is 25.2. The van der Waals surface area contributed by atoms with Crippen LogP contribution in [0.4, 0.5) is 34.1 Å². The Labute approximate surface area is 688 Å². The van der Waals surface area contributed by atoms with Crippen molar-refractivity contribution < 1.29 is 28.8 Å². The number of benzene rings is 10. The Morgan fingerprint density at radius 3 is 0.552 bits per heavy atom. The lowest BCUT2D eigenvalue weighted by molar-refractivity contribution is 0.101. The molecule has 6 N–H and O–H groups in total. The molecule has 0 aliphatic heterocycles. The Morgan fingerprint density at radius 1 is 0.224 bits per heavy atom. The van der Waals surface area contributed by atoms with E-state index in [1.54, 1.807) is 48.5 Å². The molecule has 0 spiro atoms. The van der Waals surface area contributed by atoms with E-state index in [4.69, 9.17) is 0 Å². The molecular weight excluding hydrogens is 1430 g/mol. The van der Waals surface area contributed by atoms with Crippen LogP contribution in [0.5, 0.6) is 0 Å². The van der Waals surface area contributed by atoms with Crippen LogP contribution < -0.4 is 31.9 Å². The van der Waals surface area contributed by atoms with Gasteiger partial charge in [0.15, 0.2) is 0 Å². The van der Waals surface area contributed by atoms with Gasteiger partial charge in [-0.05, 0) is 304 Å². The minimum Gasteiger partial charge on any atom is -0.322 e. The first-order chi connectivity index (χ1) is 55.1. The summed E-state index contributed by atoms with van der Waals surface area (Å²) in [5.74, 6) is -1.48. The largest absolute Gasteiger partial charge is 0.322 e. The van der Waals surface area contributed by atoms with Gasteiger partial charge in [0.2, 0.25) is 0 Å². The highest BCUT2D eigenvalue weighted by Gasteiger charge is 2.41. The van der Waals surface area contributed by atoms with Gasteiger partial charge in [0.05, 0.1) is 0 Å². The number of anilines is 6. The van der Waals surface area contributed by atoms with Gasteiger partial charge in [-0.25, -0.2) is 0 Å². The smallest absolute Gasteiger partial charge is 0.255 e. The number of carbonyl (C=O) groups excluding carboxylic acids is 6. The number of hydrogen-bond acceptors (Lipinski definition) is 6. The monoisotopic (exact) mass is 1550 g/mol. The molecule has 0 radical (unpaired) electrons. The topological polar surface area (TPSA) is 175 Å². The van der Waals surface area contributed by atoms with Gasteiger partial charge in [-0.15, -0.1) is 0 Å². The van der Waals surface area contributed by atoms with Crippen molar-refractivity contribution in [3.8, 4) is 0 Å². The van der Waals surface area contributed by atoms with Crippen molar-refractivity contribution in [3.63, 3.8) is 0 Å². The first-order valence-corrected chi connectivity index (χ1v) is 42.1.